The summed E-state index contributed by atoms with van der Waals surface area (Å²) < 4.78 is 9.61. The van der Waals surface area contributed by atoms with Gasteiger partial charge < -0.3 is 0 Å². The lowest BCUT2D eigenvalue weighted by Crippen LogP contribution is -2.15. The molecule has 0 aromatic heterocycles. The number of hydrogen-bond donors (Lipinski definition) is 0. The Morgan fingerprint density at radius 1 is 0.824 bits per heavy atom. The van der Waals surface area contributed by atoms with E-state index in [9.17, 15) is 0 Å². The molecule has 17 heavy (non-hydrogen) atoms. The smallest absolute Gasteiger partial charge is 0.0984 e. The maximum atomic E-state index is 4.70. The van der Waals surface area contributed by atoms with Gasteiger partial charge in [0.1, 0.15) is 0 Å². The Balaban J connectivity index is 3.99. The van der Waals surface area contributed by atoms with E-state index < -0.39 is 0 Å². The topological polar surface area (TPSA) is 18.8 Å². The Hall–Kier alpha value is 0.450. The zero-order valence-corrected chi connectivity index (χ0v) is 13.8. The maximum absolute atomic E-state index is 4.70. The van der Waals surface area contributed by atoms with Crippen molar-refractivity contribution in [3.63, 3.8) is 0 Å². The summed E-state index contributed by atoms with van der Waals surface area (Å²) in [6, 6.07) is 0. The van der Waals surface area contributed by atoms with Crippen molar-refractivity contribution < 1.29 is 0 Å². The van der Waals surface area contributed by atoms with E-state index in [0.29, 0.717) is 8.88 Å². The van der Waals surface area contributed by atoms with E-state index in [1.807, 2.05) is 0 Å². The Morgan fingerprint density at radius 2 is 1.29 bits per heavy atom. The summed E-state index contributed by atoms with van der Waals surface area (Å²) in [4.78, 5) is 0. The molecular formula is C12H29N3P2. The average molecular weight is 277 g/mol. The van der Waals surface area contributed by atoms with Crippen molar-refractivity contribution >= 4 is 17.4 Å². The molecule has 0 heterocycles. The molecule has 0 aliphatic carbocycles. The van der Waals surface area contributed by atoms with E-state index >= 15 is 0 Å². The van der Waals surface area contributed by atoms with Crippen molar-refractivity contribution in [2.75, 3.05) is 26.2 Å². The molecule has 0 spiro atoms. The molecule has 0 aliphatic heterocycles. The van der Waals surface area contributed by atoms with E-state index in [1.54, 1.807) is 0 Å². The normalized spacial score (nSPS) is 12.8. The predicted octanol–water partition coefficient (Wildman–Crippen LogP) is 4.78. The second-order valence-corrected chi connectivity index (χ2v) is 6.61. The van der Waals surface area contributed by atoms with Gasteiger partial charge in [-0.15, -0.1) is 0 Å². The highest BCUT2D eigenvalue weighted by Crippen LogP contribution is 2.26. The molecule has 102 valence electrons. The van der Waals surface area contributed by atoms with Crippen LogP contribution in [0, 0.1) is 0 Å². The molecule has 0 saturated carbocycles. The second kappa shape index (κ2) is 12.9. The summed E-state index contributed by atoms with van der Waals surface area (Å²) in [5.41, 5.74) is 0. The van der Waals surface area contributed by atoms with Crippen LogP contribution in [0.3, 0.4) is 0 Å². The quantitative estimate of drug-likeness (QED) is 0.506. The van der Waals surface area contributed by atoms with Gasteiger partial charge in [-0.05, 0) is 25.7 Å². The molecule has 1 atom stereocenters. The van der Waals surface area contributed by atoms with Gasteiger partial charge >= 0.3 is 0 Å². The minimum atomic E-state index is 0.643. The Morgan fingerprint density at radius 3 is 1.71 bits per heavy atom. The predicted molar refractivity (Wildman–Crippen MR) is 82.0 cm³/mol. The van der Waals surface area contributed by atoms with Crippen molar-refractivity contribution in [2.24, 2.45) is 4.52 Å². The molecule has 5 heteroatoms. The fraction of sp³-hybridized carbons (Fsp3) is 1.00. The lowest BCUT2D eigenvalue weighted by molar-refractivity contribution is 0.457. The molecular weight excluding hydrogens is 248 g/mol. The van der Waals surface area contributed by atoms with Crippen LogP contribution in [0.2, 0.25) is 0 Å². The summed E-state index contributed by atoms with van der Waals surface area (Å²) in [6.07, 6.45) is 4.90. The van der Waals surface area contributed by atoms with Crippen LogP contribution in [0.15, 0.2) is 4.52 Å². The summed E-state index contributed by atoms with van der Waals surface area (Å²) >= 11 is 0. The van der Waals surface area contributed by atoms with Gasteiger partial charge in [0, 0.05) is 26.2 Å². The SMILES string of the molecule is CCCN(CCC)P=NPN(CCC)CCC. The molecule has 0 rings (SSSR count). The van der Waals surface area contributed by atoms with Crippen molar-refractivity contribution in [1.82, 2.24) is 9.34 Å². The summed E-state index contributed by atoms with van der Waals surface area (Å²) in [7, 11) is 1.82. The highest BCUT2D eigenvalue weighted by Gasteiger charge is 2.02. The van der Waals surface area contributed by atoms with Gasteiger partial charge in [0.15, 0.2) is 0 Å². The van der Waals surface area contributed by atoms with Gasteiger partial charge in [0.2, 0.25) is 0 Å². The first-order valence-corrected chi connectivity index (χ1v) is 8.63. The molecule has 1 unspecified atom stereocenters. The lowest BCUT2D eigenvalue weighted by atomic mass is 10.4. The van der Waals surface area contributed by atoms with Gasteiger partial charge in [-0.25, -0.2) is 9.19 Å². The fourth-order valence-electron chi connectivity index (χ4n) is 1.62. The third kappa shape index (κ3) is 10.1. The van der Waals surface area contributed by atoms with Gasteiger partial charge in [0.25, 0.3) is 0 Å². The first kappa shape index (κ1) is 17.4. The minimum Gasteiger partial charge on any atom is -0.266 e. The molecule has 0 N–H and O–H groups in total. The van der Waals surface area contributed by atoms with Crippen molar-refractivity contribution in [3.05, 3.63) is 0 Å². The molecule has 0 aromatic carbocycles. The van der Waals surface area contributed by atoms with E-state index in [0.717, 1.165) is 0 Å². The van der Waals surface area contributed by atoms with Crippen LogP contribution in [0.4, 0.5) is 0 Å². The van der Waals surface area contributed by atoms with E-state index in [-0.39, 0.29) is 0 Å². The monoisotopic (exact) mass is 277 g/mol. The summed E-state index contributed by atoms with van der Waals surface area (Å²) in [6.45, 7) is 13.7. The van der Waals surface area contributed by atoms with E-state index in [1.165, 1.54) is 60.4 Å². The third-order valence-corrected chi connectivity index (χ3v) is 4.41. The summed E-state index contributed by atoms with van der Waals surface area (Å²) in [5.74, 6) is 0. The van der Waals surface area contributed by atoms with Gasteiger partial charge in [0.05, 0.1) is 17.4 Å². The van der Waals surface area contributed by atoms with Gasteiger partial charge in [-0.1, -0.05) is 27.7 Å². The maximum Gasteiger partial charge on any atom is 0.0984 e. The largest absolute Gasteiger partial charge is 0.266 e. The molecule has 0 bridgehead atoms. The van der Waals surface area contributed by atoms with Crippen LogP contribution in [0.5, 0.6) is 0 Å². The molecule has 0 fully saturated rings. The van der Waals surface area contributed by atoms with Crippen molar-refractivity contribution in [2.45, 2.75) is 53.4 Å². The number of rotatable bonds is 11. The van der Waals surface area contributed by atoms with Crippen molar-refractivity contribution in [1.29, 1.82) is 0 Å². The number of hydrogen-bond acceptors (Lipinski definition) is 2. The highest BCUT2D eigenvalue weighted by molar-refractivity contribution is 7.42. The Kier molecular flexibility index (Phi) is 13.2. The summed E-state index contributed by atoms with van der Waals surface area (Å²) in [5, 5.41) is 0. The van der Waals surface area contributed by atoms with Crippen LogP contribution in [-0.4, -0.2) is 35.5 Å². The molecule has 0 aliphatic rings. The Bertz CT molecular complexity index is 177. The minimum absolute atomic E-state index is 0.643. The van der Waals surface area contributed by atoms with E-state index in [2.05, 4.69) is 37.0 Å². The van der Waals surface area contributed by atoms with Gasteiger partial charge in [-0.2, -0.15) is 0 Å². The number of nitrogens with zero attached hydrogens (tertiary/aromatic N) is 3. The molecule has 3 nitrogen and oxygen atoms in total. The van der Waals surface area contributed by atoms with Crippen LogP contribution in [0.1, 0.15) is 53.4 Å². The molecule has 0 amide bonds. The second-order valence-electron chi connectivity index (χ2n) is 4.23. The zero-order valence-electron chi connectivity index (χ0n) is 11.9. The standard InChI is InChI=1S/C12H29N3P2/c1-5-9-14(10-6-2)16-13-17-15(11-7-3)12-8-4/h16H,5-12H2,1-4H3. The first-order chi connectivity index (χ1) is 8.28. The third-order valence-electron chi connectivity index (χ3n) is 2.31. The highest BCUT2D eigenvalue weighted by atomic mass is 31.1. The molecule has 0 saturated heterocycles. The van der Waals surface area contributed by atoms with Crippen LogP contribution in [-0.2, 0) is 0 Å². The fourth-order valence-corrected chi connectivity index (χ4v) is 4.01. The van der Waals surface area contributed by atoms with Gasteiger partial charge in [-0.3, -0.25) is 4.67 Å². The van der Waals surface area contributed by atoms with Crippen LogP contribution >= 0.6 is 17.4 Å². The molecule has 0 aromatic rings. The molecule has 0 radical (unpaired) electrons. The Labute approximate surface area is 111 Å². The van der Waals surface area contributed by atoms with Crippen molar-refractivity contribution in [3.8, 4) is 0 Å². The zero-order chi connectivity index (χ0) is 12.9. The van der Waals surface area contributed by atoms with Crippen LogP contribution in [0.25, 0.3) is 0 Å². The first-order valence-electron chi connectivity index (χ1n) is 6.94. The lowest BCUT2D eigenvalue weighted by Gasteiger charge is -2.18. The van der Waals surface area contributed by atoms with E-state index in [4.69, 9.17) is 4.52 Å². The average Bonchev–Trinajstić information content (AvgIpc) is 2.30. The van der Waals surface area contributed by atoms with Crippen LogP contribution < -0.4 is 0 Å².